The van der Waals surface area contributed by atoms with E-state index in [2.05, 4.69) is 43.0 Å². The summed E-state index contributed by atoms with van der Waals surface area (Å²) < 4.78 is 7.36. The zero-order valence-electron chi connectivity index (χ0n) is 17.5. The second kappa shape index (κ2) is 7.81. The number of aryl methyl sites for hydroxylation is 1. The Labute approximate surface area is 176 Å². The summed E-state index contributed by atoms with van der Waals surface area (Å²) in [5.41, 5.74) is 2.17. The van der Waals surface area contributed by atoms with Gasteiger partial charge in [0.05, 0.1) is 31.1 Å². The van der Waals surface area contributed by atoms with Gasteiger partial charge in [0.25, 0.3) is 0 Å². The lowest BCUT2D eigenvalue weighted by Crippen LogP contribution is -2.52. The number of fused-ring (bicyclic) bond motifs is 1. The fourth-order valence-electron chi connectivity index (χ4n) is 4.33. The van der Waals surface area contributed by atoms with E-state index in [0.29, 0.717) is 11.9 Å². The number of carbonyl (C=O) groups is 1. The molecule has 0 spiro atoms. The number of amides is 1. The van der Waals surface area contributed by atoms with Gasteiger partial charge >= 0.3 is 0 Å². The standard InChI is InChI=1S/C23H27N5O2/c1-15-24-12-21(27(15)2)17-3-4-18-11-25-22(10-19(18)9-17)26-23(29)16-5-7-28(8-6-16)20-13-30-14-20/h3-4,9-12,16,20H,5-8,13-14H2,1-2H3,(H,25,26,29). The molecule has 0 aliphatic carbocycles. The van der Waals surface area contributed by atoms with Crippen LogP contribution in [0.2, 0.25) is 0 Å². The van der Waals surface area contributed by atoms with Crippen molar-refractivity contribution >= 4 is 22.5 Å². The van der Waals surface area contributed by atoms with Gasteiger partial charge < -0.3 is 14.6 Å². The summed E-state index contributed by atoms with van der Waals surface area (Å²) in [6, 6.07) is 8.78. The summed E-state index contributed by atoms with van der Waals surface area (Å²) in [5.74, 6) is 1.71. The third-order valence-corrected chi connectivity index (χ3v) is 6.53. The molecule has 156 valence electrons. The molecule has 4 heterocycles. The first-order chi connectivity index (χ1) is 14.6. The van der Waals surface area contributed by atoms with Crippen LogP contribution in [0.15, 0.2) is 36.7 Å². The van der Waals surface area contributed by atoms with E-state index in [9.17, 15) is 4.79 Å². The van der Waals surface area contributed by atoms with Crippen molar-refractivity contribution in [3.05, 3.63) is 42.5 Å². The number of imidazole rings is 1. The van der Waals surface area contributed by atoms with Gasteiger partial charge in [-0.25, -0.2) is 9.97 Å². The molecule has 0 atom stereocenters. The molecule has 3 aromatic rings. The third-order valence-electron chi connectivity index (χ3n) is 6.53. The highest BCUT2D eigenvalue weighted by Gasteiger charge is 2.32. The van der Waals surface area contributed by atoms with Gasteiger partial charge in [0, 0.05) is 30.1 Å². The number of hydrogen-bond donors (Lipinski definition) is 1. The number of carbonyl (C=O) groups excluding carboxylic acids is 1. The third kappa shape index (κ3) is 3.59. The van der Waals surface area contributed by atoms with Crippen molar-refractivity contribution in [2.45, 2.75) is 25.8 Å². The monoisotopic (exact) mass is 405 g/mol. The number of benzene rings is 1. The second-order valence-corrected chi connectivity index (χ2v) is 8.37. The van der Waals surface area contributed by atoms with Crippen LogP contribution in [0.1, 0.15) is 18.7 Å². The second-order valence-electron chi connectivity index (χ2n) is 8.37. The Morgan fingerprint density at radius 3 is 2.57 bits per heavy atom. The number of nitrogens with one attached hydrogen (secondary N) is 1. The van der Waals surface area contributed by atoms with Crippen molar-refractivity contribution in [1.82, 2.24) is 19.4 Å². The maximum atomic E-state index is 12.8. The lowest BCUT2D eigenvalue weighted by atomic mass is 9.94. The Bertz CT molecular complexity index is 1080. The predicted molar refractivity (Wildman–Crippen MR) is 116 cm³/mol. The van der Waals surface area contributed by atoms with Crippen molar-refractivity contribution < 1.29 is 9.53 Å². The summed E-state index contributed by atoms with van der Waals surface area (Å²) in [4.78, 5) is 24.1. The van der Waals surface area contributed by atoms with Gasteiger partial charge in [0.1, 0.15) is 11.6 Å². The maximum absolute atomic E-state index is 12.8. The van der Waals surface area contributed by atoms with Crippen LogP contribution in [0.3, 0.4) is 0 Å². The lowest BCUT2D eigenvalue weighted by Gasteiger charge is -2.41. The smallest absolute Gasteiger partial charge is 0.228 e. The minimum Gasteiger partial charge on any atom is -0.378 e. The number of nitrogens with zero attached hydrogens (tertiary/aromatic N) is 4. The van der Waals surface area contributed by atoms with Crippen molar-refractivity contribution in [3.63, 3.8) is 0 Å². The number of pyridine rings is 1. The summed E-state index contributed by atoms with van der Waals surface area (Å²) in [6.07, 6.45) is 5.49. The topological polar surface area (TPSA) is 72.3 Å². The summed E-state index contributed by atoms with van der Waals surface area (Å²) in [5, 5.41) is 5.14. The minimum atomic E-state index is 0.0449. The van der Waals surface area contributed by atoms with Gasteiger partial charge in [0.15, 0.2) is 0 Å². The van der Waals surface area contributed by atoms with E-state index in [0.717, 1.165) is 67.0 Å². The zero-order chi connectivity index (χ0) is 20.7. The molecule has 0 radical (unpaired) electrons. The molecule has 1 aromatic carbocycles. The highest BCUT2D eigenvalue weighted by atomic mass is 16.5. The number of ether oxygens (including phenoxy) is 1. The molecule has 1 N–H and O–H groups in total. The highest BCUT2D eigenvalue weighted by molar-refractivity contribution is 5.95. The van der Waals surface area contributed by atoms with E-state index >= 15 is 0 Å². The first kappa shape index (κ1) is 19.2. The summed E-state index contributed by atoms with van der Waals surface area (Å²) in [7, 11) is 2.02. The number of piperidine rings is 1. The Kier molecular flexibility index (Phi) is 5.00. The van der Waals surface area contributed by atoms with E-state index in [4.69, 9.17) is 4.74 Å². The molecular weight excluding hydrogens is 378 g/mol. The summed E-state index contributed by atoms with van der Waals surface area (Å²) in [6.45, 7) is 5.58. The molecule has 5 rings (SSSR count). The van der Waals surface area contributed by atoms with Crippen molar-refractivity contribution in [2.75, 3.05) is 31.6 Å². The van der Waals surface area contributed by atoms with E-state index in [-0.39, 0.29) is 11.8 Å². The minimum absolute atomic E-state index is 0.0449. The molecule has 2 aliphatic rings. The molecule has 2 aliphatic heterocycles. The van der Waals surface area contributed by atoms with Gasteiger partial charge in [-0.1, -0.05) is 12.1 Å². The lowest BCUT2D eigenvalue weighted by molar-refractivity contribution is -0.123. The molecule has 7 heteroatoms. The van der Waals surface area contributed by atoms with Gasteiger partial charge in [0.2, 0.25) is 5.91 Å². The Balaban J connectivity index is 1.29. The van der Waals surface area contributed by atoms with E-state index < -0.39 is 0 Å². The molecule has 2 fully saturated rings. The molecule has 0 saturated carbocycles. The van der Waals surface area contributed by atoms with Gasteiger partial charge in [-0.05, 0) is 50.4 Å². The fourth-order valence-corrected chi connectivity index (χ4v) is 4.33. The van der Waals surface area contributed by atoms with Crippen molar-refractivity contribution in [2.24, 2.45) is 13.0 Å². The maximum Gasteiger partial charge on any atom is 0.228 e. The van der Waals surface area contributed by atoms with Crippen LogP contribution in [-0.2, 0) is 16.6 Å². The molecular formula is C23H27N5O2. The average molecular weight is 406 g/mol. The predicted octanol–water partition coefficient (Wildman–Crippen LogP) is 2.99. The molecule has 2 aromatic heterocycles. The number of anilines is 1. The van der Waals surface area contributed by atoms with Crippen LogP contribution in [-0.4, -0.2) is 57.7 Å². The number of likely N-dealkylation sites (tertiary alicyclic amines) is 1. The molecule has 7 nitrogen and oxygen atoms in total. The highest BCUT2D eigenvalue weighted by Crippen LogP contribution is 2.27. The zero-order valence-corrected chi connectivity index (χ0v) is 17.5. The normalized spacial score (nSPS) is 18.5. The average Bonchev–Trinajstić information content (AvgIpc) is 3.05. The van der Waals surface area contributed by atoms with Crippen LogP contribution in [0.25, 0.3) is 22.0 Å². The van der Waals surface area contributed by atoms with E-state index in [1.807, 2.05) is 32.4 Å². The molecule has 0 bridgehead atoms. The Morgan fingerprint density at radius 2 is 1.90 bits per heavy atom. The molecule has 2 saturated heterocycles. The molecule has 1 amide bonds. The van der Waals surface area contributed by atoms with Crippen LogP contribution >= 0.6 is 0 Å². The first-order valence-corrected chi connectivity index (χ1v) is 10.6. The largest absolute Gasteiger partial charge is 0.378 e. The van der Waals surface area contributed by atoms with E-state index in [1.165, 1.54) is 0 Å². The van der Waals surface area contributed by atoms with Gasteiger partial charge in [-0.2, -0.15) is 0 Å². The SMILES string of the molecule is Cc1ncc(-c2ccc3cnc(NC(=O)C4CCN(C5COC5)CC4)cc3c2)n1C. The number of rotatable bonds is 4. The van der Waals surface area contributed by atoms with E-state index in [1.54, 1.807) is 0 Å². The Hall–Kier alpha value is -2.77. The van der Waals surface area contributed by atoms with Crippen LogP contribution in [0, 0.1) is 12.8 Å². The fraction of sp³-hybridized carbons (Fsp3) is 0.435. The van der Waals surface area contributed by atoms with Gasteiger partial charge in [-0.3, -0.25) is 9.69 Å². The van der Waals surface area contributed by atoms with Crippen LogP contribution in [0.5, 0.6) is 0 Å². The van der Waals surface area contributed by atoms with Crippen molar-refractivity contribution in [1.29, 1.82) is 0 Å². The van der Waals surface area contributed by atoms with Crippen LogP contribution < -0.4 is 5.32 Å². The molecule has 0 unspecified atom stereocenters. The van der Waals surface area contributed by atoms with Crippen molar-refractivity contribution in [3.8, 4) is 11.3 Å². The summed E-state index contributed by atoms with van der Waals surface area (Å²) >= 11 is 0. The molecule has 30 heavy (non-hydrogen) atoms. The van der Waals surface area contributed by atoms with Crippen LogP contribution in [0.4, 0.5) is 5.82 Å². The first-order valence-electron chi connectivity index (χ1n) is 10.6. The quantitative estimate of drug-likeness (QED) is 0.723. The number of hydrogen-bond acceptors (Lipinski definition) is 5. The number of aromatic nitrogens is 3. The van der Waals surface area contributed by atoms with Gasteiger partial charge in [-0.15, -0.1) is 0 Å². The Morgan fingerprint density at radius 1 is 1.10 bits per heavy atom.